The number of hydrogen-bond acceptors (Lipinski definition) is 7. The van der Waals surface area contributed by atoms with Crippen molar-refractivity contribution in [1.29, 1.82) is 0 Å². The van der Waals surface area contributed by atoms with Crippen LogP contribution in [0.3, 0.4) is 0 Å². The number of carbonyl (C=O) groups is 1. The van der Waals surface area contributed by atoms with Gasteiger partial charge in [0.2, 0.25) is 11.9 Å². The van der Waals surface area contributed by atoms with Gasteiger partial charge in [-0.25, -0.2) is 9.97 Å². The van der Waals surface area contributed by atoms with Gasteiger partial charge in [-0.1, -0.05) is 6.92 Å². The van der Waals surface area contributed by atoms with Crippen LogP contribution in [0.4, 0.5) is 17.3 Å². The van der Waals surface area contributed by atoms with Crippen LogP contribution in [0.2, 0.25) is 0 Å². The number of nitrogens with zero attached hydrogens (tertiary/aromatic N) is 5. The van der Waals surface area contributed by atoms with Crippen LogP contribution in [0.1, 0.15) is 32.4 Å². The second-order valence-electron chi connectivity index (χ2n) is 8.48. The number of aromatic nitrogens is 2. The number of aliphatic hydroxyl groups excluding tert-OH is 1. The van der Waals surface area contributed by atoms with Crippen LogP contribution in [-0.2, 0) is 4.79 Å². The summed E-state index contributed by atoms with van der Waals surface area (Å²) < 4.78 is 0. The fraction of sp³-hybridized carbons (Fsp3) is 0.522. The number of rotatable bonds is 5. The summed E-state index contributed by atoms with van der Waals surface area (Å²) in [5, 5.41) is 12.7. The summed E-state index contributed by atoms with van der Waals surface area (Å²) in [6, 6.07) is 8.27. The Hall–Kier alpha value is -2.71. The molecule has 1 saturated heterocycles. The number of β-amino-alcohol motifs (C(OH)–C–C–N with tert-alkyl or cyclic N) is 1. The predicted molar refractivity (Wildman–Crippen MR) is 122 cm³/mol. The highest BCUT2D eigenvalue weighted by atomic mass is 16.3. The monoisotopic (exact) mass is 424 g/mol. The molecular weight excluding hydrogens is 392 g/mol. The van der Waals surface area contributed by atoms with Gasteiger partial charge in [0.1, 0.15) is 0 Å². The molecule has 0 spiro atoms. The molecule has 4 rings (SSSR count). The second kappa shape index (κ2) is 9.20. The van der Waals surface area contributed by atoms with Crippen molar-refractivity contribution in [3.63, 3.8) is 0 Å². The zero-order valence-electron chi connectivity index (χ0n) is 18.5. The van der Waals surface area contributed by atoms with E-state index >= 15 is 0 Å². The highest BCUT2D eigenvalue weighted by Gasteiger charge is 2.38. The number of carbonyl (C=O) groups excluding carboxylic acids is 1. The Morgan fingerprint density at radius 1 is 1.16 bits per heavy atom. The molecule has 1 aromatic heterocycles. The maximum Gasteiger partial charge on any atom is 0.224 e. The van der Waals surface area contributed by atoms with Crippen LogP contribution in [0.25, 0.3) is 0 Å². The van der Waals surface area contributed by atoms with Crippen molar-refractivity contribution >= 4 is 23.2 Å². The van der Waals surface area contributed by atoms with Crippen LogP contribution in [0, 0.1) is 5.92 Å². The normalized spacial score (nSPS) is 24.1. The number of aliphatic hydroxyl groups is 1. The Balaban J connectivity index is 1.67. The van der Waals surface area contributed by atoms with Gasteiger partial charge in [-0.15, -0.1) is 0 Å². The first-order valence-corrected chi connectivity index (χ1v) is 11.0. The fourth-order valence-electron chi connectivity index (χ4n) is 4.77. The van der Waals surface area contributed by atoms with Crippen molar-refractivity contribution in [2.24, 2.45) is 5.92 Å². The van der Waals surface area contributed by atoms with Crippen LogP contribution < -0.4 is 15.1 Å². The standard InChI is InChI=1S/C23H32N6O2/c1-16-17(2)29(18(3)31)21-6-5-19(28-11-9-27(10-12-28)13-14-30)15-20(21)22(16)26-23-24-7-4-8-25-23/h4-8,15-17,22,30H,9-14H2,1-3H3,(H,24,25,26)/t16-,17-,22+/m0/s1. The number of hydrogen-bond donors (Lipinski definition) is 2. The van der Waals surface area contributed by atoms with E-state index < -0.39 is 0 Å². The van der Waals surface area contributed by atoms with E-state index in [2.05, 4.69) is 57.1 Å². The smallest absolute Gasteiger partial charge is 0.224 e. The van der Waals surface area contributed by atoms with Crippen LogP contribution in [0.5, 0.6) is 0 Å². The van der Waals surface area contributed by atoms with E-state index in [1.165, 1.54) is 0 Å². The third kappa shape index (κ3) is 4.36. The molecule has 0 saturated carbocycles. The molecule has 1 aromatic carbocycles. The van der Waals surface area contributed by atoms with E-state index in [1.807, 2.05) is 4.90 Å². The number of piperazine rings is 1. The molecule has 1 fully saturated rings. The summed E-state index contributed by atoms with van der Waals surface area (Å²) in [5.74, 6) is 0.828. The lowest BCUT2D eigenvalue weighted by atomic mass is 9.82. The lowest BCUT2D eigenvalue weighted by Gasteiger charge is -2.44. The SMILES string of the molecule is CC(=O)N1c2ccc(N3CCN(CCO)CC3)cc2[C@H](Nc2ncccn2)[C@@H](C)[C@@H]1C. The van der Waals surface area contributed by atoms with E-state index in [1.54, 1.807) is 25.4 Å². The first-order valence-electron chi connectivity index (χ1n) is 11.0. The quantitative estimate of drug-likeness (QED) is 0.761. The molecule has 31 heavy (non-hydrogen) atoms. The van der Waals surface area contributed by atoms with Gasteiger partial charge in [0, 0.05) is 80.9 Å². The molecule has 0 radical (unpaired) electrons. The lowest BCUT2D eigenvalue weighted by Crippen LogP contribution is -2.49. The zero-order valence-corrected chi connectivity index (χ0v) is 18.5. The molecule has 2 aromatic rings. The Labute approximate surface area is 183 Å². The zero-order chi connectivity index (χ0) is 22.0. The van der Waals surface area contributed by atoms with Crippen LogP contribution >= 0.6 is 0 Å². The third-order valence-corrected chi connectivity index (χ3v) is 6.64. The van der Waals surface area contributed by atoms with Gasteiger partial charge in [-0.3, -0.25) is 9.69 Å². The minimum Gasteiger partial charge on any atom is -0.395 e. The third-order valence-electron chi connectivity index (χ3n) is 6.64. The van der Waals surface area contributed by atoms with Gasteiger partial charge in [-0.2, -0.15) is 0 Å². The number of amides is 1. The van der Waals surface area contributed by atoms with Gasteiger partial charge < -0.3 is 20.2 Å². The summed E-state index contributed by atoms with van der Waals surface area (Å²) in [5.41, 5.74) is 3.21. The molecule has 8 heteroatoms. The van der Waals surface area contributed by atoms with Gasteiger partial charge in [0.15, 0.2) is 0 Å². The van der Waals surface area contributed by atoms with Gasteiger partial charge in [0.25, 0.3) is 0 Å². The summed E-state index contributed by atoms with van der Waals surface area (Å²) in [6.45, 7) is 10.5. The summed E-state index contributed by atoms with van der Waals surface area (Å²) >= 11 is 0. The van der Waals surface area contributed by atoms with Crippen molar-refractivity contribution < 1.29 is 9.90 Å². The molecule has 1 amide bonds. The lowest BCUT2D eigenvalue weighted by molar-refractivity contribution is -0.117. The molecule has 0 unspecified atom stereocenters. The van der Waals surface area contributed by atoms with Crippen molar-refractivity contribution in [2.75, 3.05) is 54.4 Å². The molecule has 0 aliphatic carbocycles. The van der Waals surface area contributed by atoms with Crippen molar-refractivity contribution in [3.05, 3.63) is 42.2 Å². The molecule has 3 atom stereocenters. The van der Waals surface area contributed by atoms with E-state index in [-0.39, 0.29) is 30.5 Å². The van der Waals surface area contributed by atoms with Gasteiger partial charge in [-0.05, 0) is 31.2 Å². The number of nitrogens with one attached hydrogen (secondary N) is 1. The average Bonchev–Trinajstić information content (AvgIpc) is 2.78. The van der Waals surface area contributed by atoms with E-state index in [4.69, 9.17) is 0 Å². The highest BCUT2D eigenvalue weighted by Crippen LogP contribution is 2.43. The second-order valence-corrected chi connectivity index (χ2v) is 8.48. The van der Waals surface area contributed by atoms with E-state index in [0.29, 0.717) is 5.95 Å². The number of anilines is 3. The maximum absolute atomic E-state index is 12.5. The van der Waals surface area contributed by atoms with Crippen molar-refractivity contribution in [1.82, 2.24) is 14.9 Å². The molecular formula is C23H32N6O2. The highest BCUT2D eigenvalue weighted by molar-refractivity contribution is 5.94. The topological polar surface area (TPSA) is 84.8 Å². The average molecular weight is 425 g/mol. The Morgan fingerprint density at radius 2 is 1.87 bits per heavy atom. The van der Waals surface area contributed by atoms with Crippen molar-refractivity contribution in [2.45, 2.75) is 32.9 Å². The van der Waals surface area contributed by atoms with Crippen molar-refractivity contribution in [3.8, 4) is 0 Å². The number of benzene rings is 1. The molecule has 2 N–H and O–H groups in total. The molecule has 8 nitrogen and oxygen atoms in total. The Kier molecular flexibility index (Phi) is 6.38. The summed E-state index contributed by atoms with van der Waals surface area (Å²) in [6.07, 6.45) is 3.47. The molecule has 0 bridgehead atoms. The maximum atomic E-state index is 12.5. The molecule has 166 valence electrons. The van der Waals surface area contributed by atoms with Gasteiger partial charge >= 0.3 is 0 Å². The Bertz CT molecular complexity index is 900. The molecule has 3 heterocycles. The Morgan fingerprint density at radius 3 is 2.52 bits per heavy atom. The van der Waals surface area contributed by atoms with Crippen LogP contribution in [0.15, 0.2) is 36.7 Å². The molecule has 2 aliphatic heterocycles. The minimum absolute atomic E-state index is 0.00127. The number of fused-ring (bicyclic) bond motifs is 1. The van der Waals surface area contributed by atoms with E-state index in [9.17, 15) is 9.90 Å². The minimum atomic E-state index is -0.00127. The summed E-state index contributed by atoms with van der Waals surface area (Å²) in [4.78, 5) is 27.8. The molecule has 2 aliphatic rings. The first kappa shape index (κ1) is 21.5. The summed E-state index contributed by atoms with van der Waals surface area (Å²) in [7, 11) is 0. The van der Waals surface area contributed by atoms with Crippen LogP contribution in [-0.4, -0.2) is 71.3 Å². The van der Waals surface area contributed by atoms with Gasteiger partial charge in [0.05, 0.1) is 12.6 Å². The predicted octanol–water partition coefficient (Wildman–Crippen LogP) is 2.14. The fourth-order valence-corrected chi connectivity index (χ4v) is 4.77. The largest absolute Gasteiger partial charge is 0.395 e. The first-order chi connectivity index (χ1) is 15.0. The van der Waals surface area contributed by atoms with E-state index in [0.717, 1.165) is 49.7 Å².